The number of amides is 1. The van der Waals surface area contributed by atoms with Gasteiger partial charge in [-0.05, 0) is 32.0 Å². The summed E-state index contributed by atoms with van der Waals surface area (Å²) in [6, 6.07) is 8.80. The Morgan fingerprint density at radius 3 is 2.65 bits per heavy atom. The highest BCUT2D eigenvalue weighted by Crippen LogP contribution is 2.15. The molecule has 23 heavy (non-hydrogen) atoms. The van der Waals surface area contributed by atoms with Crippen molar-refractivity contribution in [1.29, 1.82) is 5.26 Å². The van der Waals surface area contributed by atoms with Crippen LogP contribution in [0.5, 0.6) is 0 Å². The number of benzene rings is 1. The molecule has 1 heterocycles. The van der Waals surface area contributed by atoms with Crippen molar-refractivity contribution in [3.63, 3.8) is 0 Å². The van der Waals surface area contributed by atoms with Gasteiger partial charge in [-0.3, -0.25) is 9.59 Å². The Bertz CT molecular complexity index is 836. The van der Waals surface area contributed by atoms with Crippen LogP contribution in [0.3, 0.4) is 0 Å². The third kappa shape index (κ3) is 3.64. The molecule has 1 aromatic carbocycles. The number of carbonyl (C=O) groups excluding carboxylic acids is 1. The number of halogens is 1. The maximum atomic E-state index is 14.0. The average Bonchev–Trinajstić information content (AvgIpc) is 2.53. The summed E-state index contributed by atoms with van der Waals surface area (Å²) in [6.45, 7) is 3.91. The molecule has 1 aromatic heterocycles. The van der Waals surface area contributed by atoms with Crippen molar-refractivity contribution in [2.24, 2.45) is 0 Å². The van der Waals surface area contributed by atoms with Crippen molar-refractivity contribution in [2.75, 3.05) is 6.54 Å². The first-order valence-electron chi connectivity index (χ1n) is 7.14. The predicted molar refractivity (Wildman–Crippen MR) is 83.3 cm³/mol. The number of nitriles is 1. The number of pyridine rings is 1. The largest absolute Gasteiger partial charge is 0.334 e. The molecule has 0 radical (unpaired) electrons. The number of aromatic amines is 1. The van der Waals surface area contributed by atoms with E-state index in [1.165, 1.54) is 29.2 Å². The Kier molecular flexibility index (Phi) is 4.91. The molecule has 0 atom stereocenters. The zero-order valence-corrected chi connectivity index (χ0v) is 12.9. The summed E-state index contributed by atoms with van der Waals surface area (Å²) >= 11 is 0. The van der Waals surface area contributed by atoms with Gasteiger partial charge in [0.05, 0.1) is 17.2 Å². The summed E-state index contributed by atoms with van der Waals surface area (Å²) < 4.78 is 14.0. The van der Waals surface area contributed by atoms with Gasteiger partial charge in [0.15, 0.2) is 0 Å². The van der Waals surface area contributed by atoms with Gasteiger partial charge in [0.2, 0.25) is 5.56 Å². The molecule has 0 saturated carbocycles. The van der Waals surface area contributed by atoms with Crippen molar-refractivity contribution in [3.05, 3.63) is 68.9 Å². The number of aryl methyl sites for hydroxylation is 1. The van der Waals surface area contributed by atoms with Crippen LogP contribution < -0.4 is 5.56 Å². The number of nitrogens with one attached hydrogen (secondary N) is 1. The first-order valence-corrected chi connectivity index (χ1v) is 7.14. The molecule has 0 aliphatic heterocycles. The lowest BCUT2D eigenvalue weighted by atomic mass is 10.1. The predicted octanol–water partition coefficient (Wildman–Crippen LogP) is 2.36. The Morgan fingerprint density at radius 2 is 2.09 bits per heavy atom. The van der Waals surface area contributed by atoms with Gasteiger partial charge in [0.1, 0.15) is 5.82 Å². The summed E-state index contributed by atoms with van der Waals surface area (Å²) in [4.78, 5) is 27.9. The molecule has 0 aliphatic carbocycles. The number of H-pyrrole nitrogens is 1. The van der Waals surface area contributed by atoms with E-state index in [2.05, 4.69) is 4.98 Å². The highest BCUT2D eigenvalue weighted by atomic mass is 19.1. The molecular weight excluding hydrogens is 297 g/mol. The van der Waals surface area contributed by atoms with Crippen LogP contribution in [0, 0.1) is 24.1 Å². The second-order valence-electron chi connectivity index (χ2n) is 5.10. The molecule has 5 nitrogen and oxygen atoms in total. The quantitative estimate of drug-likeness (QED) is 0.941. The lowest BCUT2D eigenvalue weighted by molar-refractivity contribution is 0.0750. The Hall–Kier alpha value is -2.94. The molecule has 0 saturated heterocycles. The van der Waals surface area contributed by atoms with E-state index in [1.807, 2.05) is 6.07 Å². The molecule has 118 valence electrons. The molecule has 0 bridgehead atoms. The number of carbonyl (C=O) groups is 1. The number of rotatable bonds is 4. The SMILES string of the molecule is CCN(Cc1ccc(C#N)cc1F)C(=O)c1ccc(=O)[nH]c1C. The summed E-state index contributed by atoms with van der Waals surface area (Å²) in [5.41, 5.74) is 1.14. The van der Waals surface area contributed by atoms with Crippen molar-refractivity contribution in [2.45, 2.75) is 20.4 Å². The summed E-state index contributed by atoms with van der Waals surface area (Å²) in [5.74, 6) is -0.807. The second kappa shape index (κ2) is 6.88. The fraction of sp³-hybridized carbons (Fsp3) is 0.235. The van der Waals surface area contributed by atoms with Crippen LogP contribution in [0.4, 0.5) is 4.39 Å². The van der Waals surface area contributed by atoms with Crippen LogP contribution in [-0.2, 0) is 6.54 Å². The topological polar surface area (TPSA) is 77.0 Å². The smallest absolute Gasteiger partial charge is 0.255 e. The molecule has 0 unspecified atom stereocenters. The van der Waals surface area contributed by atoms with E-state index in [1.54, 1.807) is 13.8 Å². The van der Waals surface area contributed by atoms with Gasteiger partial charge in [-0.2, -0.15) is 5.26 Å². The maximum Gasteiger partial charge on any atom is 0.255 e. The molecule has 0 fully saturated rings. The van der Waals surface area contributed by atoms with E-state index >= 15 is 0 Å². The van der Waals surface area contributed by atoms with Crippen molar-refractivity contribution >= 4 is 5.91 Å². The van der Waals surface area contributed by atoms with Gasteiger partial charge in [-0.25, -0.2) is 4.39 Å². The van der Waals surface area contributed by atoms with Crippen LogP contribution in [-0.4, -0.2) is 22.3 Å². The third-order valence-corrected chi connectivity index (χ3v) is 3.56. The lowest BCUT2D eigenvalue weighted by Gasteiger charge is -2.22. The molecule has 2 aromatic rings. The molecule has 0 aliphatic rings. The van der Waals surface area contributed by atoms with E-state index in [0.717, 1.165) is 6.07 Å². The van der Waals surface area contributed by atoms with Crippen LogP contribution in [0.15, 0.2) is 35.1 Å². The van der Waals surface area contributed by atoms with Crippen LogP contribution in [0.2, 0.25) is 0 Å². The Labute approximate surface area is 133 Å². The Balaban J connectivity index is 2.28. The summed E-state index contributed by atoms with van der Waals surface area (Å²) in [5, 5.41) is 8.76. The van der Waals surface area contributed by atoms with E-state index in [-0.39, 0.29) is 23.6 Å². The first kappa shape index (κ1) is 16.4. The minimum absolute atomic E-state index is 0.0887. The standard InChI is InChI=1S/C17H16FN3O2/c1-3-21(10-13-5-4-12(9-19)8-15(13)18)17(23)14-6-7-16(22)20-11(14)2/h4-8H,3,10H2,1-2H3,(H,20,22). The molecule has 1 N–H and O–H groups in total. The summed E-state index contributed by atoms with van der Waals surface area (Å²) in [7, 11) is 0. The van der Waals surface area contributed by atoms with E-state index in [0.29, 0.717) is 23.4 Å². The maximum absolute atomic E-state index is 14.0. The minimum atomic E-state index is -0.520. The van der Waals surface area contributed by atoms with Crippen molar-refractivity contribution in [1.82, 2.24) is 9.88 Å². The van der Waals surface area contributed by atoms with Crippen molar-refractivity contribution < 1.29 is 9.18 Å². The van der Waals surface area contributed by atoms with E-state index in [4.69, 9.17) is 5.26 Å². The van der Waals surface area contributed by atoms with Gasteiger partial charge in [-0.1, -0.05) is 6.07 Å². The fourth-order valence-corrected chi connectivity index (χ4v) is 2.26. The highest BCUT2D eigenvalue weighted by molar-refractivity contribution is 5.95. The van der Waals surface area contributed by atoms with Gasteiger partial charge in [-0.15, -0.1) is 0 Å². The zero-order chi connectivity index (χ0) is 17.0. The number of nitrogens with zero attached hydrogens (tertiary/aromatic N) is 2. The highest BCUT2D eigenvalue weighted by Gasteiger charge is 2.18. The number of aromatic nitrogens is 1. The van der Waals surface area contributed by atoms with E-state index in [9.17, 15) is 14.0 Å². The second-order valence-corrected chi connectivity index (χ2v) is 5.10. The van der Waals surface area contributed by atoms with Gasteiger partial charge in [0, 0.05) is 30.4 Å². The molecule has 2 rings (SSSR count). The van der Waals surface area contributed by atoms with E-state index < -0.39 is 5.82 Å². The summed E-state index contributed by atoms with van der Waals surface area (Å²) in [6.07, 6.45) is 0. The van der Waals surface area contributed by atoms with Crippen LogP contribution in [0.1, 0.15) is 34.1 Å². The van der Waals surface area contributed by atoms with Gasteiger partial charge >= 0.3 is 0 Å². The molecule has 6 heteroatoms. The monoisotopic (exact) mass is 313 g/mol. The zero-order valence-electron chi connectivity index (χ0n) is 12.9. The van der Waals surface area contributed by atoms with Crippen molar-refractivity contribution in [3.8, 4) is 6.07 Å². The lowest BCUT2D eigenvalue weighted by Crippen LogP contribution is -2.32. The van der Waals surface area contributed by atoms with Crippen LogP contribution in [0.25, 0.3) is 0 Å². The Morgan fingerprint density at radius 1 is 1.35 bits per heavy atom. The van der Waals surface area contributed by atoms with Gasteiger partial charge in [0.25, 0.3) is 5.91 Å². The number of hydrogen-bond acceptors (Lipinski definition) is 3. The normalized spacial score (nSPS) is 10.2. The molecule has 0 spiro atoms. The average molecular weight is 313 g/mol. The fourth-order valence-electron chi connectivity index (χ4n) is 2.26. The molecular formula is C17H16FN3O2. The van der Waals surface area contributed by atoms with Crippen LogP contribution >= 0.6 is 0 Å². The first-order chi connectivity index (χ1) is 11.0. The molecule has 1 amide bonds. The van der Waals surface area contributed by atoms with Gasteiger partial charge < -0.3 is 9.88 Å². The number of hydrogen-bond donors (Lipinski definition) is 1. The third-order valence-electron chi connectivity index (χ3n) is 3.56. The minimum Gasteiger partial charge on any atom is -0.334 e.